The number of rotatable bonds is 4. The van der Waals surface area contributed by atoms with E-state index in [4.69, 9.17) is 27.9 Å². The number of ether oxygens (including phenoxy) is 1. The Balaban J connectivity index is 2.13. The Morgan fingerprint density at radius 3 is 2.39 bits per heavy atom. The number of hydrogen-bond donors (Lipinski definition) is 0. The van der Waals surface area contributed by atoms with Crippen LogP contribution in [0.25, 0.3) is 6.08 Å². The van der Waals surface area contributed by atoms with Gasteiger partial charge >= 0.3 is 5.97 Å². The second-order valence-electron chi connectivity index (χ2n) is 6.34. The Morgan fingerprint density at radius 1 is 1.14 bits per heavy atom. The molecule has 1 heterocycles. The van der Waals surface area contributed by atoms with Crippen LogP contribution in [0.3, 0.4) is 0 Å². The van der Waals surface area contributed by atoms with Gasteiger partial charge in [-0.15, -0.1) is 0 Å². The predicted octanol–water partition coefficient (Wildman–Crippen LogP) is 5.43. The van der Waals surface area contributed by atoms with Gasteiger partial charge in [0.05, 0.1) is 18.3 Å². The van der Waals surface area contributed by atoms with E-state index >= 15 is 0 Å². The zero-order valence-corrected chi connectivity index (χ0v) is 17.3. The predicted molar refractivity (Wildman–Crippen MR) is 112 cm³/mol. The van der Waals surface area contributed by atoms with Crippen molar-refractivity contribution in [1.82, 2.24) is 0 Å². The molecule has 0 aliphatic carbocycles. The molecule has 0 bridgehead atoms. The first-order valence-corrected chi connectivity index (χ1v) is 9.52. The van der Waals surface area contributed by atoms with Gasteiger partial charge in [-0.1, -0.05) is 48.3 Å². The molecule has 1 aliphatic rings. The minimum atomic E-state index is -0.574. The first-order valence-electron chi connectivity index (χ1n) is 8.77. The molecule has 0 saturated carbocycles. The number of anilines is 1. The highest BCUT2D eigenvalue weighted by Gasteiger charge is 2.38. The number of allylic oxidation sites excluding steroid dienone is 1. The van der Waals surface area contributed by atoms with Crippen molar-refractivity contribution in [2.75, 3.05) is 12.0 Å². The maximum Gasteiger partial charge on any atom is 0.340 e. The molecule has 3 rings (SSSR count). The Kier molecular flexibility index (Phi) is 5.92. The van der Waals surface area contributed by atoms with Crippen molar-refractivity contribution < 1.29 is 14.3 Å². The number of nitrogens with zero attached hydrogens (tertiary/aromatic N) is 1. The molecule has 0 spiro atoms. The lowest BCUT2D eigenvalue weighted by Gasteiger charge is -2.18. The topological polar surface area (TPSA) is 46.6 Å². The van der Waals surface area contributed by atoms with E-state index < -0.39 is 5.97 Å². The second-order valence-corrected chi connectivity index (χ2v) is 7.18. The molecule has 0 fully saturated rings. The summed E-state index contributed by atoms with van der Waals surface area (Å²) in [5, 5.41) is 0.878. The summed E-state index contributed by atoms with van der Waals surface area (Å²) in [6.07, 6.45) is 2.49. The highest BCUT2D eigenvalue weighted by Crippen LogP contribution is 2.36. The Morgan fingerprint density at radius 2 is 1.82 bits per heavy atom. The van der Waals surface area contributed by atoms with Gasteiger partial charge in [-0.25, -0.2) is 4.79 Å². The smallest absolute Gasteiger partial charge is 0.340 e. The molecule has 2 aromatic rings. The van der Waals surface area contributed by atoms with Crippen LogP contribution in [0.1, 0.15) is 25.0 Å². The van der Waals surface area contributed by atoms with Crippen LogP contribution in [0.4, 0.5) is 5.69 Å². The molecule has 4 nitrogen and oxygen atoms in total. The fraction of sp³-hybridized carbons (Fsp3) is 0.182. The Labute approximate surface area is 174 Å². The number of hydrogen-bond acceptors (Lipinski definition) is 3. The van der Waals surface area contributed by atoms with Crippen LogP contribution in [-0.4, -0.2) is 19.0 Å². The monoisotopic (exact) mass is 415 g/mol. The van der Waals surface area contributed by atoms with Crippen molar-refractivity contribution in [3.05, 3.63) is 80.5 Å². The highest BCUT2D eigenvalue weighted by molar-refractivity contribution is 6.36. The number of carbonyl (C=O) groups is 2. The summed E-state index contributed by atoms with van der Waals surface area (Å²) < 4.78 is 4.92. The van der Waals surface area contributed by atoms with Crippen LogP contribution >= 0.6 is 23.2 Å². The quantitative estimate of drug-likeness (QED) is 0.493. The molecular formula is C22H19Cl2NO3. The first kappa shape index (κ1) is 20.2. The minimum Gasteiger partial charge on any atom is -0.465 e. The maximum absolute atomic E-state index is 13.2. The minimum absolute atomic E-state index is 0.220. The summed E-state index contributed by atoms with van der Waals surface area (Å²) in [4.78, 5) is 27.2. The molecule has 1 aliphatic heterocycles. The summed E-state index contributed by atoms with van der Waals surface area (Å²) in [6, 6.07) is 12.6. The van der Waals surface area contributed by atoms with Gasteiger partial charge in [0.15, 0.2) is 0 Å². The third kappa shape index (κ3) is 3.71. The molecule has 6 heteroatoms. The number of benzene rings is 2. The van der Waals surface area contributed by atoms with Gasteiger partial charge < -0.3 is 4.74 Å². The van der Waals surface area contributed by atoms with Gasteiger partial charge in [0.2, 0.25) is 0 Å². The largest absolute Gasteiger partial charge is 0.465 e. The number of aryl methyl sites for hydroxylation is 1. The van der Waals surface area contributed by atoms with E-state index in [0.717, 1.165) is 12.0 Å². The lowest BCUT2D eigenvalue weighted by atomic mass is 10.0. The summed E-state index contributed by atoms with van der Waals surface area (Å²) in [7, 11) is 1.29. The number of esters is 1. The number of methoxy groups -OCH3 is 1. The molecule has 0 atom stereocenters. The Bertz CT molecular complexity index is 1010. The second kappa shape index (κ2) is 8.21. The van der Waals surface area contributed by atoms with Crippen molar-refractivity contribution in [3.8, 4) is 0 Å². The molecule has 0 aromatic heterocycles. The van der Waals surface area contributed by atoms with E-state index in [2.05, 4.69) is 6.92 Å². The van der Waals surface area contributed by atoms with Gasteiger partial charge in [-0.05, 0) is 54.8 Å². The number of halogens is 2. The van der Waals surface area contributed by atoms with E-state index in [1.165, 1.54) is 12.0 Å². The summed E-state index contributed by atoms with van der Waals surface area (Å²) in [5.74, 6) is -0.886. The molecule has 144 valence electrons. The number of carbonyl (C=O) groups excluding carboxylic acids is 2. The normalized spacial score (nSPS) is 15.5. The van der Waals surface area contributed by atoms with Gasteiger partial charge in [-0.2, -0.15) is 0 Å². The van der Waals surface area contributed by atoms with Gasteiger partial charge in [0.1, 0.15) is 0 Å². The van der Waals surface area contributed by atoms with Crippen molar-refractivity contribution in [2.45, 2.75) is 20.3 Å². The van der Waals surface area contributed by atoms with Crippen LogP contribution in [0.5, 0.6) is 0 Å². The van der Waals surface area contributed by atoms with E-state index in [0.29, 0.717) is 27.0 Å². The van der Waals surface area contributed by atoms with Crippen molar-refractivity contribution in [2.24, 2.45) is 0 Å². The van der Waals surface area contributed by atoms with Gasteiger partial charge in [-0.3, -0.25) is 9.69 Å². The maximum atomic E-state index is 13.2. The third-order valence-corrected chi connectivity index (χ3v) is 5.22. The zero-order valence-electron chi connectivity index (χ0n) is 15.8. The average Bonchev–Trinajstić information content (AvgIpc) is 2.93. The molecule has 1 amide bonds. The van der Waals surface area contributed by atoms with E-state index in [9.17, 15) is 9.59 Å². The summed E-state index contributed by atoms with van der Waals surface area (Å²) in [6.45, 7) is 3.79. The van der Waals surface area contributed by atoms with Crippen molar-refractivity contribution in [1.29, 1.82) is 0 Å². The van der Waals surface area contributed by atoms with Crippen LogP contribution in [-0.2, 0) is 20.7 Å². The van der Waals surface area contributed by atoms with Crippen LogP contribution in [0.2, 0.25) is 10.0 Å². The highest BCUT2D eigenvalue weighted by atomic mass is 35.5. The third-order valence-electron chi connectivity index (χ3n) is 4.65. The van der Waals surface area contributed by atoms with Crippen molar-refractivity contribution >= 4 is 46.8 Å². The van der Waals surface area contributed by atoms with E-state index in [1.54, 1.807) is 31.2 Å². The summed E-state index contributed by atoms with van der Waals surface area (Å²) >= 11 is 12.2. The zero-order chi connectivity index (χ0) is 20.4. The molecule has 0 saturated heterocycles. The lowest BCUT2D eigenvalue weighted by molar-refractivity contribution is -0.136. The standard InChI is InChI=1S/C22H19Cl2NO3/c1-4-14-5-9-17(10-6-14)25-13(2)20(22(27)28-3)18(21(25)26)11-15-7-8-16(23)12-19(15)24/h5-12H,4H2,1-3H3/b18-11-. The van der Waals surface area contributed by atoms with E-state index in [-0.39, 0.29) is 17.1 Å². The molecule has 0 unspecified atom stereocenters. The molecule has 0 radical (unpaired) electrons. The molecule has 28 heavy (non-hydrogen) atoms. The fourth-order valence-corrected chi connectivity index (χ4v) is 3.61. The average molecular weight is 416 g/mol. The first-order chi connectivity index (χ1) is 13.4. The lowest BCUT2D eigenvalue weighted by Crippen LogP contribution is -2.24. The Hall–Kier alpha value is -2.56. The molecular weight excluding hydrogens is 397 g/mol. The summed E-state index contributed by atoms with van der Waals surface area (Å²) in [5.41, 5.74) is 3.40. The van der Waals surface area contributed by atoms with Crippen LogP contribution in [0, 0.1) is 0 Å². The van der Waals surface area contributed by atoms with E-state index in [1.807, 2.05) is 24.3 Å². The van der Waals surface area contributed by atoms with Gasteiger partial charge in [0, 0.05) is 21.4 Å². The fourth-order valence-electron chi connectivity index (χ4n) is 3.15. The van der Waals surface area contributed by atoms with Gasteiger partial charge in [0.25, 0.3) is 5.91 Å². The van der Waals surface area contributed by atoms with Crippen LogP contribution in [0.15, 0.2) is 59.3 Å². The SMILES string of the molecule is CCc1ccc(N2C(=O)/C(=C\c3ccc(Cl)cc3Cl)C(C(=O)OC)=C2C)cc1. The number of amides is 1. The van der Waals surface area contributed by atoms with Crippen LogP contribution < -0.4 is 4.90 Å². The van der Waals surface area contributed by atoms with Crippen molar-refractivity contribution in [3.63, 3.8) is 0 Å². The molecule has 0 N–H and O–H groups in total. The molecule has 2 aromatic carbocycles.